The lowest BCUT2D eigenvalue weighted by atomic mass is 10.2. The predicted molar refractivity (Wildman–Crippen MR) is 93.2 cm³/mol. The molecule has 0 radical (unpaired) electrons. The molecular formula is C18H15N5O. The lowest BCUT2D eigenvalue weighted by Crippen LogP contribution is -1.89. The lowest BCUT2D eigenvalue weighted by molar-refractivity contribution is 0.459. The molecule has 0 bridgehead atoms. The number of hydrogen-bond acceptors (Lipinski definition) is 5. The normalized spacial score (nSPS) is 11.8. The quantitative estimate of drug-likeness (QED) is 0.518. The van der Waals surface area contributed by atoms with E-state index >= 15 is 0 Å². The van der Waals surface area contributed by atoms with Crippen LogP contribution in [0.2, 0.25) is 0 Å². The Morgan fingerprint density at radius 3 is 2.58 bits per heavy atom. The third-order valence-electron chi connectivity index (χ3n) is 3.84. The summed E-state index contributed by atoms with van der Waals surface area (Å²) in [6.07, 6.45) is 0. The molecule has 0 fully saturated rings. The van der Waals surface area contributed by atoms with E-state index in [0.717, 1.165) is 27.7 Å². The first-order valence-corrected chi connectivity index (χ1v) is 7.58. The van der Waals surface area contributed by atoms with E-state index in [0.29, 0.717) is 17.0 Å². The highest BCUT2D eigenvalue weighted by molar-refractivity contribution is 5.94. The molecule has 4 aromatic rings. The zero-order valence-electron chi connectivity index (χ0n) is 13.3. The Balaban J connectivity index is 1.86. The van der Waals surface area contributed by atoms with Gasteiger partial charge in [0.15, 0.2) is 11.3 Å². The molecule has 1 aromatic carbocycles. The van der Waals surface area contributed by atoms with Crippen molar-refractivity contribution in [2.45, 2.75) is 13.8 Å². The van der Waals surface area contributed by atoms with E-state index < -0.39 is 0 Å². The van der Waals surface area contributed by atoms with Gasteiger partial charge in [-0.1, -0.05) is 18.2 Å². The molecule has 0 atom stereocenters. The van der Waals surface area contributed by atoms with Gasteiger partial charge in [-0.25, -0.2) is 9.97 Å². The number of benzene rings is 1. The molecule has 118 valence electrons. The molecule has 24 heavy (non-hydrogen) atoms. The van der Waals surface area contributed by atoms with Crippen molar-refractivity contribution in [1.29, 1.82) is 0 Å². The van der Waals surface area contributed by atoms with Gasteiger partial charge >= 0.3 is 0 Å². The maximum atomic E-state index is 10.1. The van der Waals surface area contributed by atoms with Gasteiger partial charge in [-0.05, 0) is 38.1 Å². The summed E-state index contributed by atoms with van der Waals surface area (Å²) in [5, 5.41) is 20.3. The Hall–Kier alpha value is -3.28. The fourth-order valence-corrected chi connectivity index (χ4v) is 2.70. The SMILES string of the molecule is Cc1ccc2c(N=Nc3c(O)[nH]c4ccccc34)cc(C)nc2n1. The first kappa shape index (κ1) is 14.3. The number of azo groups is 1. The maximum absolute atomic E-state index is 10.1. The smallest absolute Gasteiger partial charge is 0.218 e. The van der Waals surface area contributed by atoms with Crippen LogP contribution in [-0.4, -0.2) is 20.1 Å². The van der Waals surface area contributed by atoms with Crippen LogP contribution in [0.4, 0.5) is 11.4 Å². The maximum Gasteiger partial charge on any atom is 0.218 e. The number of nitrogens with one attached hydrogen (secondary N) is 1. The van der Waals surface area contributed by atoms with E-state index in [1.807, 2.05) is 56.3 Å². The summed E-state index contributed by atoms with van der Waals surface area (Å²) in [6, 6.07) is 13.3. The molecular weight excluding hydrogens is 302 g/mol. The number of pyridine rings is 2. The minimum Gasteiger partial charge on any atom is -0.493 e. The molecule has 0 unspecified atom stereocenters. The molecule has 0 saturated carbocycles. The highest BCUT2D eigenvalue weighted by Crippen LogP contribution is 2.36. The van der Waals surface area contributed by atoms with Crippen molar-refractivity contribution in [2.75, 3.05) is 0 Å². The Bertz CT molecular complexity index is 1090. The topological polar surface area (TPSA) is 86.5 Å². The van der Waals surface area contributed by atoms with Gasteiger partial charge in [0.2, 0.25) is 5.88 Å². The Morgan fingerprint density at radius 2 is 1.71 bits per heavy atom. The summed E-state index contributed by atoms with van der Waals surface area (Å²) in [4.78, 5) is 11.8. The van der Waals surface area contributed by atoms with E-state index in [2.05, 4.69) is 25.2 Å². The average molecular weight is 317 g/mol. The second-order valence-corrected chi connectivity index (χ2v) is 5.67. The van der Waals surface area contributed by atoms with Crippen molar-refractivity contribution in [3.63, 3.8) is 0 Å². The van der Waals surface area contributed by atoms with Gasteiger partial charge in [0.25, 0.3) is 0 Å². The van der Waals surface area contributed by atoms with Crippen LogP contribution in [-0.2, 0) is 0 Å². The molecule has 6 nitrogen and oxygen atoms in total. The molecule has 3 aromatic heterocycles. The van der Waals surface area contributed by atoms with Crippen molar-refractivity contribution >= 4 is 33.3 Å². The molecule has 0 saturated heterocycles. The highest BCUT2D eigenvalue weighted by atomic mass is 16.3. The van der Waals surface area contributed by atoms with Crippen LogP contribution in [0.15, 0.2) is 52.7 Å². The average Bonchev–Trinajstić information content (AvgIpc) is 2.87. The summed E-state index contributed by atoms with van der Waals surface area (Å²) >= 11 is 0. The molecule has 4 rings (SSSR count). The van der Waals surface area contributed by atoms with Crippen molar-refractivity contribution in [1.82, 2.24) is 15.0 Å². The van der Waals surface area contributed by atoms with Gasteiger partial charge in [-0.2, -0.15) is 0 Å². The predicted octanol–water partition coefficient (Wildman–Crippen LogP) is 4.85. The number of H-pyrrole nitrogens is 1. The van der Waals surface area contributed by atoms with Crippen LogP contribution in [0.5, 0.6) is 5.88 Å². The fourth-order valence-electron chi connectivity index (χ4n) is 2.70. The van der Waals surface area contributed by atoms with E-state index in [1.165, 1.54) is 0 Å². The van der Waals surface area contributed by atoms with Crippen molar-refractivity contribution in [2.24, 2.45) is 10.2 Å². The molecule has 0 amide bonds. The third-order valence-corrected chi connectivity index (χ3v) is 3.84. The van der Waals surface area contributed by atoms with Crippen LogP contribution in [0.25, 0.3) is 21.9 Å². The van der Waals surface area contributed by atoms with Gasteiger partial charge < -0.3 is 10.1 Å². The minimum absolute atomic E-state index is 0.00371. The van der Waals surface area contributed by atoms with Crippen LogP contribution in [0, 0.1) is 13.8 Å². The molecule has 0 spiro atoms. The zero-order valence-corrected chi connectivity index (χ0v) is 13.3. The number of hydrogen-bond donors (Lipinski definition) is 2. The number of para-hydroxylation sites is 1. The Kier molecular flexibility index (Phi) is 3.23. The number of aromatic nitrogens is 3. The monoisotopic (exact) mass is 317 g/mol. The Labute approximate surface area is 137 Å². The second kappa shape index (κ2) is 5.42. The second-order valence-electron chi connectivity index (χ2n) is 5.67. The standard InChI is InChI=1S/C18H15N5O/c1-10-7-8-13-15(9-11(2)20-17(13)19-10)22-23-16-12-5-3-4-6-14(12)21-18(16)24/h3-9,21,24H,1-2H3. The largest absolute Gasteiger partial charge is 0.493 e. The van der Waals surface area contributed by atoms with Crippen LogP contribution >= 0.6 is 0 Å². The van der Waals surface area contributed by atoms with Crippen LogP contribution < -0.4 is 0 Å². The van der Waals surface area contributed by atoms with Crippen molar-refractivity contribution in [3.8, 4) is 5.88 Å². The van der Waals surface area contributed by atoms with Gasteiger partial charge in [0.1, 0.15) is 0 Å². The summed E-state index contributed by atoms with van der Waals surface area (Å²) < 4.78 is 0. The molecule has 0 aliphatic heterocycles. The number of rotatable bonds is 2. The summed E-state index contributed by atoms with van der Waals surface area (Å²) in [7, 11) is 0. The zero-order chi connectivity index (χ0) is 16.7. The van der Waals surface area contributed by atoms with Crippen LogP contribution in [0.3, 0.4) is 0 Å². The van der Waals surface area contributed by atoms with E-state index in [-0.39, 0.29) is 5.88 Å². The first-order chi connectivity index (χ1) is 11.6. The molecule has 6 heteroatoms. The van der Waals surface area contributed by atoms with Crippen molar-refractivity contribution < 1.29 is 5.11 Å². The summed E-state index contributed by atoms with van der Waals surface area (Å²) in [6.45, 7) is 3.82. The van der Waals surface area contributed by atoms with E-state index in [4.69, 9.17) is 0 Å². The third kappa shape index (κ3) is 2.38. The highest BCUT2D eigenvalue weighted by Gasteiger charge is 2.10. The summed E-state index contributed by atoms with van der Waals surface area (Å²) in [5.74, 6) is 0.00371. The van der Waals surface area contributed by atoms with Gasteiger partial charge in [0, 0.05) is 22.2 Å². The molecule has 0 aliphatic rings. The van der Waals surface area contributed by atoms with Gasteiger partial charge in [-0.3, -0.25) is 0 Å². The van der Waals surface area contributed by atoms with E-state index in [1.54, 1.807) is 0 Å². The fraction of sp³-hybridized carbons (Fsp3) is 0.111. The number of aryl methyl sites for hydroxylation is 2. The number of aromatic amines is 1. The first-order valence-electron chi connectivity index (χ1n) is 7.58. The Morgan fingerprint density at radius 1 is 0.917 bits per heavy atom. The molecule has 3 heterocycles. The van der Waals surface area contributed by atoms with Gasteiger partial charge in [-0.15, -0.1) is 10.2 Å². The summed E-state index contributed by atoms with van der Waals surface area (Å²) in [5.41, 5.74) is 4.28. The minimum atomic E-state index is 0.00371. The molecule has 2 N–H and O–H groups in total. The van der Waals surface area contributed by atoms with E-state index in [9.17, 15) is 5.11 Å². The molecule has 0 aliphatic carbocycles. The number of nitrogens with zero attached hydrogens (tertiary/aromatic N) is 4. The lowest BCUT2D eigenvalue weighted by Gasteiger charge is -2.03. The number of aromatic hydroxyl groups is 1. The van der Waals surface area contributed by atoms with Crippen LogP contribution in [0.1, 0.15) is 11.4 Å². The van der Waals surface area contributed by atoms with Gasteiger partial charge in [0.05, 0.1) is 11.2 Å². The number of fused-ring (bicyclic) bond motifs is 2. The van der Waals surface area contributed by atoms with Crippen molar-refractivity contribution in [3.05, 3.63) is 53.9 Å².